The monoisotopic (exact) mass is 266 g/mol. The number of anilines is 2. The molecule has 1 N–H and O–H groups in total. The van der Waals surface area contributed by atoms with Crippen LogP contribution in [0.5, 0.6) is 0 Å². The van der Waals surface area contributed by atoms with Crippen molar-refractivity contribution in [1.29, 1.82) is 0 Å². The zero-order valence-electron chi connectivity index (χ0n) is 12.3. The molecule has 0 amide bonds. The van der Waals surface area contributed by atoms with E-state index in [-0.39, 0.29) is 0 Å². The lowest BCUT2D eigenvalue weighted by Crippen LogP contribution is -2.23. The maximum Gasteiger partial charge on any atom is 0.0411 e. The third-order valence-electron chi connectivity index (χ3n) is 4.20. The summed E-state index contributed by atoms with van der Waals surface area (Å²) in [6.07, 6.45) is 2.22. The minimum absolute atomic E-state index is 1.00. The van der Waals surface area contributed by atoms with Gasteiger partial charge in [-0.2, -0.15) is 0 Å². The second-order valence-electron chi connectivity index (χ2n) is 5.46. The van der Waals surface area contributed by atoms with Crippen molar-refractivity contribution in [1.82, 2.24) is 5.32 Å². The molecule has 2 aromatic carbocycles. The molecule has 3 rings (SSSR count). The predicted molar refractivity (Wildman–Crippen MR) is 85.7 cm³/mol. The number of aryl methyl sites for hydroxylation is 1. The average molecular weight is 266 g/mol. The van der Waals surface area contributed by atoms with E-state index in [9.17, 15) is 0 Å². The maximum atomic E-state index is 3.42. The van der Waals surface area contributed by atoms with Gasteiger partial charge in [-0.05, 0) is 60.3 Å². The molecule has 2 nitrogen and oxygen atoms in total. The summed E-state index contributed by atoms with van der Waals surface area (Å²) in [5.74, 6) is 0. The Hall–Kier alpha value is -1.80. The SMILES string of the molecule is CCc1ccc(N(C)c2ccc3c(c2)CCNC3)cc1. The van der Waals surface area contributed by atoms with Crippen molar-refractivity contribution in [3.05, 3.63) is 59.2 Å². The van der Waals surface area contributed by atoms with Gasteiger partial charge >= 0.3 is 0 Å². The summed E-state index contributed by atoms with van der Waals surface area (Å²) in [7, 11) is 2.14. The van der Waals surface area contributed by atoms with Gasteiger partial charge in [-0.25, -0.2) is 0 Å². The lowest BCUT2D eigenvalue weighted by molar-refractivity contribution is 0.644. The molecule has 0 saturated heterocycles. The van der Waals surface area contributed by atoms with Crippen molar-refractivity contribution in [2.24, 2.45) is 0 Å². The fourth-order valence-electron chi connectivity index (χ4n) is 2.78. The molecule has 0 saturated carbocycles. The Morgan fingerprint density at radius 2 is 1.75 bits per heavy atom. The summed E-state index contributed by atoms with van der Waals surface area (Å²) in [5, 5.41) is 3.42. The van der Waals surface area contributed by atoms with E-state index >= 15 is 0 Å². The largest absolute Gasteiger partial charge is 0.345 e. The van der Waals surface area contributed by atoms with Gasteiger partial charge in [0.1, 0.15) is 0 Å². The zero-order chi connectivity index (χ0) is 13.9. The van der Waals surface area contributed by atoms with Crippen LogP contribution < -0.4 is 10.2 Å². The molecule has 0 aliphatic carbocycles. The Morgan fingerprint density at radius 1 is 1.00 bits per heavy atom. The van der Waals surface area contributed by atoms with Crippen molar-refractivity contribution in [2.75, 3.05) is 18.5 Å². The first-order valence-electron chi connectivity index (χ1n) is 7.43. The molecule has 20 heavy (non-hydrogen) atoms. The summed E-state index contributed by atoms with van der Waals surface area (Å²) < 4.78 is 0. The lowest BCUT2D eigenvalue weighted by Gasteiger charge is -2.23. The number of fused-ring (bicyclic) bond motifs is 1. The summed E-state index contributed by atoms with van der Waals surface area (Å²) >= 11 is 0. The van der Waals surface area contributed by atoms with Crippen LogP contribution in [-0.2, 0) is 19.4 Å². The molecular formula is C18H22N2. The standard InChI is InChI=1S/C18H22N2/c1-3-14-4-7-17(8-5-14)20(2)18-9-6-16-13-19-11-10-15(16)12-18/h4-9,12,19H,3,10-11,13H2,1-2H3. The van der Waals surface area contributed by atoms with Crippen LogP contribution in [0.25, 0.3) is 0 Å². The minimum atomic E-state index is 1.00. The van der Waals surface area contributed by atoms with E-state index in [1.54, 1.807) is 0 Å². The number of hydrogen-bond donors (Lipinski definition) is 1. The van der Waals surface area contributed by atoms with Gasteiger partial charge in [0.25, 0.3) is 0 Å². The van der Waals surface area contributed by atoms with Crippen LogP contribution in [0.4, 0.5) is 11.4 Å². The van der Waals surface area contributed by atoms with Crippen LogP contribution in [0.15, 0.2) is 42.5 Å². The third kappa shape index (κ3) is 2.56. The highest BCUT2D eigenvalue weighted by molar-refractivity contribution is 5.64. The molecule has 2 aromatic rings. The number of nitrogens with one attached hydrogen (secondary N) is 1. The van der Waals surface area contributed by atoms with Gasteiger partial charge in [-0.3, -0.25) is 0 Å². The van der Waals surface area contributed by atoms with Crippen molar-refractivity contribution in [3.63, 3.8) is 0 Å². The Morgan fingerprint density at radius 3 is 2.50 bits per heavy atom. The molecule has 2 heteroatoms. The van der Waals surface area contributed by atoms with Gasteiger partial charge in [0, 0.05) is 25.0 Å². The molecule has 0 radical (unpaired) electrons. The van der Waals surface area contributed by atoms with E-state index < -0.39 is 0 Å². The molecule has 0 unspecified atom stereocenters. The van der Waals surface area contributed by atoms with E-state index in [1.807, 2.05) is 0 Å². The summed E-state index contributed by atoms with van der Waals surface area (Å²) in [6.45, 7) is 4.28. The molecule has 104 valence electrons. The van der Waals surface area contributed by atoms with E-state index in [2.05, 4.69) is 66.7 Å². The molecule has 1 heterocycles. The smallest absolute Gasteiger partial charge is 0.0411 e. The minimum Gasteiger partial charge on any atom is -0.345 e. The van der Waals surface area contributed by atoms with E-state index in [4.69, 9.17) is 0 Å². The molecule has 1 aliphatic rings. The number of hydrogen-bond acceptors (Lipinski definition) is 2. The number of nitrogens with zero attached hydrogens (tertiary/aromatic N) is 1. The number of benzene rings is 2. The Bertz CT molecular complexity index is 587. The Kier molecular flexibility index (Phi) is 3.75. The maximum absolute atomic E-state index is 3.42. The van der Waals surface area contributed by atoms with Gasteiger partial charge in [0.15, 0.2) is 0 Å². The predicted octanol–water partition coefficient (Wildman–Crippen LogP) is 3.66. The van der Waals surface area contributed by atoms with E-state index in [0.29, 0.717) is 0 Å². The highest BCUT2D eigenvalue weighted by Gasteiger charge is 2.11. The summed E-state index contributed by atoms with van der Waals surface area (Å²) in [5.41, 5.74) is 6.83. The van der Waals surface area contributed by atoms with Gasteiger partial charge in [0.05, 0.1) is 0 Å². The molecule has 0 aromatic heterocycles. The van der Waals surface area contributed by atoms with Crippen LogP contribution >= 0.6 is 0 Å². The molecule has 1 aliphatic heterocycles. The fraction of sp³-hybridized carbons (Fsp3) is 0.333. The lowest BCUT2D eigenvalue weighted by atomic mass is 10.00. The van der Waals surface area contributed by atoms with Crippen molar-refractivity contribution >= 4 is 11.4 Å². The highest BCUT2D eigenvalue weighted by Crippen LogP contribution is 2.27. The first-order chi connectivity index (χ1) is 9.78. The average Bonchev–Trinajstić information content (AvgIpc) is 2.54. The van der Waals surface area contributed by atoms with E-state index in [0.717, 1.165) is 25.9 Å². The quantitative estimate of drug-likeness (QED) is 0.912. The van der Waals surface area contributed by atoms with Crippen LogP contribution in [-0.4, -0.2) is 13.6 Å². The van der Waals surface area contributed by atoms with Crippen LogP contribution in [0.2, 0.25) is 0 Å². The Labute approximate surface area is 121 Å². The summed E-state index contributed by atoms with van der Waals surface area (Å²) in [4.78, 5) is 2.27. The molecule has 0 fully saturated rings. The fourth-order valence-corrected chi connectivity index (χ4v) is 2.78. The second-order valence-corrected chi connectivity index (χ2v) is 5.46. The number of rotatable bonds is 3. The van der Waals surface area contributed by atoms with Gasteiger partial charge in [-0.15, -0.1) is 0 Å². The van der Waals surface area contributed by atoms with Gasteiger partial charge < -0.3 is 10.2 Å². The normalized spacial score (nSPS) is 13.9. The first kappa shape index (κ1) is 13.2. The zero-order valence-corrected chi connectivity index (χ0v) is 12.3. The molecule has 0 spiro atoms. The summed E-state index contributed by atoms with van der Waals surface area (Å²) in [6, 6.07) is 15.7. The molecule has 0 atom stereocenters. The highest BCUT2D eigenvalue weighted by atomic mass is 15.1. The van der Waals surface area contributed by atoms with Crippen LogP contribution in [0, 0.1) is 0 Å². The third-order valence-corrected chi connectivity index (χ3v) is 4.20. The van der Waals surface area contributed by atoms with Crippen LogP contribution in [0.1, 0.15) is 23.6 Å². The molecular weight excluding hydrogens is 244 g/mol. The molecule has 0 bridgehead atoms. The second kappa shape index (κ2) is 5.68. The van der Waals surface area contributed by atoms with E-state index in [1.165, 1.54) is 28.1 Å². The first-order valence-corrected chi connectivity index (χ1v) is 7.43. The van der Waals surface area contributed by atoms with Crippen LogP contribution in [0.3, 0.4) is 0 Å². The topological polar surface area (TPSA) is 15.3 Å². The van der Waals surface area contributed by atoms with Gasteiger partial charge in [-0.1, -0.05) is 25.1 Å². The van der Waals surface area contributed by atoms with Gasteiger partial charge in [0.2, 0.25) is 0 Å². The van der Waals surface area contributed by atoms with Crippen molar-refractivity contribution in [2.45, 2.75) is 26.3 Å². The van der Waals surface area contributed by atoms with Crippen molar-refractivity contribution in [3.8, 4) is 0 Å². The Balaban J connectivity index is 1.87. The van der Waals surface area contributed by atoms with Crippen molar-refractivity contribution < 1.29 is 0 Å².